The van der Waals surface area contributed by atoms with E-state index in [9.17, 15) is 19.2 Å². The predicted octanol–water partition coefficient (Wildman–Crippen LogP) is 7.84. The summed E-state index contributed by atoms with van der Waals surface area (Å²) in [6.07, 6.45) is 1.49. The molecule has 3 aliphatic rings. The van der Waals surface area contributed by atoms with Crippen LogP contribution in [0.1, 0.15) is 58.5 Å². The van der Waals surface area contributed by atoms with Crippen molar-refractivity contribution in [1.82, 2.24) is 15.2 Å². The summed E-state index contributed by atoms with van der Waals surface area (Å²) in [4.78, 5) is 57.7. The molecule has 5 aromatic carbocycles. The second-order valence-corrected chi connectivity index (χ2v) is 17.8. The minimum absolute atomic E-state index is 0.0840. The van der Waals surface area contributed by atoms with E-state index >= 15 is 0 Å². The van der Waals surface area contributed by atoms with E-state index in [1.807, 2.05) is 116 Å². The number of methoxy groups -OCH3 is 2. The third kappa shape index (κ3) is 9.53. The number of ether oxygens (including phenoxy) is 5. The van der Waals surface area contributed by atoms with Gasteiger partial charge in [0.05, 0.1) is 47.3 Å². The number of hydrazone groups is 1. The van der Waals surface area contributed by atoms with Crippen molar-refractivity contribution in [3.8, 4) is 23.0 Å². The average Bonchev–Trinajstić information content (AvgIpc) is 3.91. The number of benzene rings is 5. The molecule has 8 rings (SSSR count). The molecular formula is C49H47ClN4O9S. The fourth-order valence-electron chi connectivity index (χ4n) is 8.01. The Morgan fingerprint density at radius 2 is 1.44 bits per heavy atom. The van der Waals surface area contributed by atoms with Crippen LogP contribution < -0.4 is 24.4 Å². The van der Waals surface area contributed by atoms with Gasteiger partial charge in [-0.3, -0.25) is 14.4 Å². The average molecular weight is 903 g/mol. The van der Waals surface area contributed by atoms with Crippen molar-refractivity contribution in [2.45, 2.75) is 55.2 Å². The van der Waals surface area contributed by atoms with Gasteiger partial charge in [-0.05, 0) is 72.0 Å². The largest absolute Gasteiger partial charge is 0.497 e. The molecule has 3 saturated heterocycles. The van der Waals surface area contributed by atoms with Crippen molar-refractivity contribution < 1.29 is 42.9 Å². The van der Waals surface area contributed by atoms with E-state index in [1.54, 1.807) is 36.2 Å². The van der Waals surface area contributed by atoms with Crippen LogP contribution in [-0.4, -0.2) is 83.2 Å². The Balaban J connectivity index is 0.933. The van der Waals surface area contributed by atoms with Crippen LogP contribution in [0.2, 0.25) is 5.02 Å². The van der Waals surface area contributed by atoms with Crippen molar-refractivity contribution in [3.63, 3.8) is 0 Å². The molecular weight excluding hydrogens is 856 g/mol. The first-order valence-corrected chi connectivity index (χ1v) is 22.1. The maximum atomic E-state index is 14.1. The van der Waals surface area contributed by atoms with Gasteiger partial charge in [-0.2, -0.15) is 5.10 Å². The molecule has 15 heteroatoms. The first-order chi connectivity index (χ1) is 31.0. The van der Waals surface area contributed by atoms with Crippen molar-refractivity contribution in [1.29, 1.82) is 0 Å². The highest BCUT2D eigenvalue weighted by molar-refractivity contribution is 8.02. The molecule has 0 radical (unpaired) electrons. The van der Waals surface area contributed by atoms with Gasteiger partial charge in [0.15, 0.2) is 17.6 Å². The van der Waals surface area contributed by atoms with Gasteiger partial charge in [0.2, 0.25) is 11.8 Å². The highest BCUT2D eigenvalue weighted by atomic mass is 35.5. The van der Waals surface area contributed by atoms with Gasteiger partial charge in [-0.1, -0.05) is 96.5 Å². The second kappa shape index (κ2) is 19.5. The molecule has 3 heterocycles. The van der Waals surface area contributed by atoms with E-state index in [-0.39, 0.29) is 65.6 Å². The van der Waals surface area contributed by atoms with Gasteiger partial charge in [-0.25, -0.2) is 10.2 Å². The van der Waals surface area contributed by atoms with Crippen LogP contribution in [-0.2, 0) is 32.3 Å². The standard InChI is InChI=1S/C49H47ClN4O9S/c1-49(45(54-40(55)26-41(54)64-49)48(58)63-43(33-10-6-4-7-11-33)34-12-8-5-9-13-34)30-51-52-46(56)35-24-25-53(27-35)47(57)38-22-23-39(61-28-31-14-18-36(59-2)19-15-31)44(42(38)50)62-29-32-16-20-37(60-3)21-17-32/h4-23,30,35,41,43,45H,24-29H2,1-3H3,(H,52,56)/b51-30+/t35?,41-,45+,49+/m1/s1. The second-order valence-electron chi connectivity index (χ2n) is 15.8. The number of amides is 3. The number of nitrogens with zero attached hydrogens (tertiary/aromatic N) is 3. The molecule has 0 aliphatic carbocycles. The lowest BCUT2D eigenvalue weighted by Gasteiger charge is -2.37. The van der Waals surface area contributed by atoms with Crippen molar-refractivity contribution in [3.05, 3.63) is 154 Å². The molecule has 1 unspecified atom stereocenters. The normalized spacial score (nSPS) is 20.1. The van der Waals surface area contributed by atoms with Gasteiger partial charge in [-0.15, -0.1) is 11.8 Å². The maximum absolute atomic E-state index is 14.1. The number of halogens is 1. The molecule has 0 aromatic heterocycles. The van der Waals surface area contributed by atoms with Crippen LogP contribution in [0.5, 0.6) is 23.0 Å². The number of likely N-dealkylation sites (tertiary alicyclic amines) is 1. The first-order valence-electron chi connectivity index (χ1n) is 20.8. The van der Waals surface area contributed by atoms with Crippen LogP contribution in [0, 0.1) is 5.92 Å². The molecule has 3 aliphatic heterocycles. The highest BCUT2D eigenvalue weighted by Gasteiger charge is 2.61. The van der Waals surface area contributed by atoms with Gasteiger partial charge >= 0.3 is 5.97 Å². The van der Waals surface area contributed by atoms with Crippen LogP contribution in [0.3, 0.4) is 0 Å². The number of hydrogen-bond donors (Lipinski definition) is 1. The van der Waals surface area contributed by atoms with E-state index in [4.69, 9.17) is 35.3 Å². The molecule has 0 bridgehead atoms. The smallest absolute Gasteiger partial charge is 0.331 e. The molecule has 5 aromatic rings. The van der Waals surface area contributed by atoms with Crippen LogP contribution in [0.4, 0.5) is 0 Å². The maximum Gasteiger partial charge on any atom is 0.331 e. The quantitative estimate of drug-likeness (QED) is 0.0450. The van der Waals surface area contributed by atoms with Crippen molar-refractivity contribution >= 4 is 53.3 Å². The van der Waals surface area contributed by atoms with E-state index in [1.165, 1.54) is 18.0 Å². The number of fused-ring (bicyclic) bond motifs is 1. The summed E-state index contributed by atoms with van der Waals surface area (Å²) in [6, 6.07) is 36.0. The fourth-order valence-corrected chi connectivity index (χ4v) is 9.92. The molecule has 4 atom stereocenters. The van der Waals surface area contributed by atoms with Crippen molar-refractivity contribution in [2.75, 3.05) is 27.3 Å². The molecule has 0 saturated carbocycles. The first kappa shape index (κ1) is 44.1. The minimum Gasteiger partial charge on any atom is -0.497 e. The SMILES string of the molecule is COc1ccc(COc2ccc(C(=O)N3CCC(C(=O)N/N=C/[C@]4(C)S[C@@H]5CC(=O)N5[C@H]4C(=O)OC(c4ccccc4)c4ccccc4)C3)c(Cl)c2OCc2ccc(OC)cc2)cc1. The lowest BCUT2D eigenvalue weighted by atomic mass is 9.96. The monoisotopic (exact) mass is 902 g/mol. The Bertz CT molecular complexity index is 2470. The molecule has 64 heavy (non-hydrogen) atoms. The Morgan fingerprint density at radius 3 is 2.02 bits per heavy atom. The number of β-lactam (4-membered cyclic amide) rings is 1. The Labute approximate surface area is 380 Å². The molecule has 330 valence electrons. The zero-order valence-corrected chi connectivity index (χ0v) is 37.1. The van der Waals surface area contributed by atoms with Gasteiger partial charge in [0, 0.05) is 19.3 Å². The minimum atomic E-state index is -1.01. The van der Waals surface area contributed by atoms with E-state index in [0.29, 0.717) is 24.5 Å². The molecule has 0 spiro atoms. The lowest BCUT2D eigenvalue weighted by molar-refractivity contribution is -0.163. The number of rotatable bonds is 16. The number of carbonyl (C=O) groups excluding carboxylic acids is 4. The van der Waals surface area contributed by atoms with Gasteiger partial charge in [0.1, 0.15) is 30.8 Å². The number of hydrogen-bond acceptors (Lipinski definition) is 11. The summed E-state index contributed by atoms with van der Waals surface area (Å²) in [5.41, 5.74) is 6.15. The number of carbonyl (C=O) groups is 4. The van der Waals surface area contributed by atoms with Crippen LogP contribution in [0.25, 0.3) is 0 Å². The van der Waals surface area contributed by atoms with E-state index in [0.717, 1.165) is 28.0 Å². The number of nitrogens with one attached hydrogen (secondary N) is 1. The predicted molar refractivity (Wildman–Crippen MR) is 243 cm³/mol. The van der Waals surface area contributed by atoms with Crippen molar-refractivity contribution in [2.24, 2.45) is 11.0 Å². The van der Waals surface area contributed by atoms with E-state index in [2.05, 4.69) is 10.5 Å². The van der Waals surface area contributed by atoms with Gasteiger partial charge < -0.3 is 33.5 Å². The molecule has 3 amide bonds. The summed E-state index contributed by atoms with van der Waals surface area (Å²) >= 11 is 8.40. The zero-order valence-electron chi connectivity index (χ0n) is 35.5. The summed E-state index contributed by atoms with van der Waals surface area (Å²) in [5.74, 6) is -0.0587. The highest BCUT2D eigenvalue weighted by Crippen LogP contribution is 2.51. The van der Waals surface area contributed by atoms with Crippen LogP contribution in [0.15, 0.2) is 126 Å². The number of thioether (sulfide) groups is 1. The summed E-state index contributed by atoms with van der Waals surface area (Å²) < 4.78 is 28.2. The third-order valence-electron chi connectivity index (χ3n) is 11.5. The third-order valence-corrected chi connectivity index (χ3v) is 13.4. The lowest BCUT2D eigenvalue weighted by Crippen LogP contribution is -2.58. The summed E-state index contributed by atoms with van der Waals surface area (Å²) in [7, 11) is 3.20. The fraction of sp³-hybridized carbons (Fsp3) is 0.286. The van der Waals surface area contributed by atoms with E-state index < -0.39 is 28.8 Å². The number of esters is 1. The Morgan fingerprint density at radius 1 is 0.844 bits per heavy atom. The molecule has 1 N–H and O–H groups in total. The Hall–Kier alpha value is -6.51. The molecule has 3 fully saturated rings. The Kier molecular flexibility index (Phi) is 13.4. The van der Waals surface area contributed by atoms with Gasteiger partial charge in [0.25, 0.3) is 5.91 Å². The summed E-state index contributed by atoms with van der Waals surface area (Å²) in [5, 5.41) is 4.18. The van der Waals surface area contributed by atoms with Crippen LogP contribution >= 0.6 is 23.4 Å². The molecule has 13 nitrogen and oxygen atoms in total. The summed E-state index contributed by atoms with van der Waals surface area (Å²) in [6.45, 7) is 2.59. The topological polar surface area (TPSA) is 145 Å². The zero-order chi connectivity index (χ0) is 44.8.